The van der Waals surface area contributed by atoms with E-state index in [0.717, 1.165) is 5.69 Å². The monoisotopic (exact) mass is 225 g/mol. The fraction of sp³-hybridized carbons (Fsp3) is 0.636. The van der Waals surface area contributed by atoms with Gasteiger partial charge in [-0.1, -0.05) is 0 Å². The van der Waals surface area contributed by atoms with Crippen molar-refractivity contribution in [2.24, 2.45) is 0 Å². The molecular formula is C11H19N3O2. The maximum atomic E-state index is 11.3. The maximum Gasteiger partial charge on any atom is 0.407 e. The number of amides is 1. The van der Waals surface area contributed by atoms with Crippen LogP contribution in [0.1, 0.15) is 26.5 Å². The summed E-state index contributed by atoms with van der Waals surface area (Å²) in [6.07, 6.45) is 1.35. The molecule has 1 rings (SSSR count). The van der Waals surface area contributed by atoms with E-state index in [2.05, 4.69) is 10.4 Å². The topological polar surface area (TPSA) is 56.2 Å². The van der Waals surface area contributed by atoms with Gasteiger partial charge >= 0.3 is 6.09 Å². The van der Waals surface area contributed by atoms with Gasteiger partial charge in [-0.25, -0.2) is 4.79 Å². The summed E-state index contributed by atoms with van der Waals surface area (Å²) in [5, 5.41) is 6.79. The minimum absolute atomic E-state index is 0.391. The van der Waals surface area contributed by atoms with Gasteiger partial charge in [0.1, 0.15) is 5.60 Å². The molecule has 0 aromatic carbocycles. The average Bonchev–Trinajstić information content (AvgIpc) is 2.48. The van der Waals surface area contributed by atoms with Crippen LogP contribution in [-0.4, -0.2) is 28.0 Å². The number of aryl methyl sites for hydroxylation is 1. The summed E-state index contributed by atoms with van der Waals surface area (Å²) in [6.45, 7) is 8.65. The summed E-state index contributed by atoms with van der Waals surface area (Å²) in [6, 6.07) is 1.92. The third-order valence-electron chi connectivity index (χ3n) is 1.92. The summed E-state index contributed by atoms with van der Waals surface area (Å²) in [7, 11) is 0. The molecule has 0 atom stereocenters. The molecule has 90 valence electrons. The van der Waals surface area contributed by atoms with Gasteiger partial charge < -0.3 is 10.1 Å². The Kier molecular flexibility index (Phi) is 3.93. The second-order valence-electron chi connectivity index (χ2n) is 4.62. The van der Waals surface area contributed by atoms with Crippen LogP contribution in [0, 0.1) is 6.92 Å². The number of nitrogens with one attached hydrogen (secondary N) is 1. The van der Waals surface area contributed by atoms with Crippen molar-refractivity contribution in [2.75, 3.05) is 6.54 Å². The zero-order valence-electron chi connectivity index (χ0n) is 10.3. The minimum atomic E-state index is -0.453. The predicted octanol–water partition coefficient (Wildman–Crippen LogP) is 1.72. The SMILES string of the molecule is Cc1ccnn1CCNC(=O)OC(C)(C)C. The first kappa shape index (κ1) is 12.5. The van der Waals surface area contributed by atoms with Crippen LogP contribution in [0.25, 0.3) is 0 Å². The third-order valence-corrected chi connectivity index (χ3v) is 1.92. The van der Waals surface area contributed by atoms with Crippen LogP contribution in [0.3, 0.4) is 0 Å². The smallest absolute Gasteiger partial charge is 0.407 e. The quantitative estimate of drug-likeness (QED) is 0.852. The molecule has 5 heteroatoms. The first-order chi connectivity index (χ1) is 7.38. The van der Waals surface area contributed by atoms with Crippen molar-refractivity contribution < 1.29 is 9.53 Å². The van der Waals surface area contributed by atoms with E-state index in [4.69, 9.17) is 4.74 Å². The molecule has 16 heavy (non-hydrogen) atoms. The highest BCUT2D eigenvalue weighted by atomic mass is 16.6. The molecule has 0 unspecified atom stereocenters. The largest absolute Gasteiger partial charge is 0.444 e. The number of carbonyl (C=O) groups excluding carboxylic acids is 1. The lowest BCUT2D eigenvalue weighted by atomic mass is 10.2. The van der Waals surface area contributed by atoms with Gasteiger partial charge in [-0.15, -0.1) is 0 Å². The van der Waals surface area contributed by atoms with Crippen molar-refractivity contribution in [3.05, 3.63) is 18.0 Å². The molecule has 0 saturated heterocycles. The van der Waals surface area contributed by atoms with E-state index >= 15 is 0 Å². The van der Waals surface area contributed by atoms with E-state index in [0.29, 0.717) is 13.1 Å². The highest BCUT2D eigenvalue weighted by Gasteiger charge is 2.15. The van der Waals surface area contributed by atoms with Crippen molar-refractivity contribution in [3.8, 4) is 0 Å². The molecule has 1 aromatic rings. The van der Waals surface area contributed by atoms with Crippen LogP contribution in [0.2, 0.25) is 0 Å². The summed E-state index contributed by atoms with van der Waals surface area (Å²) < 4.78 is 6.94. The van der Waals surface area contributed by atoms with Gasteiger partial charge in [0.05, 0.1) is 6.54 Å². The Morgan fingerprint density at radius 2 is 2.25 bits per heavy atom. The third kappa shape index (κ3) is 4.33. The Morgan fingerprint density at radius 1 is 1.56 bits per heavy atom. The van der Waals surface area contributed by atoms with Crippen LogP contribution in [-0.2, 0) is 11.3 Å². The van der Waals surface area contributed by atoms with Crippen LogP contribution >= 0.6 is 0 Å². The second-order valence-corrected chi connectivity index (χ2v) is 4.62. The number of hydrogen-bond acceptors (Lipinski definition) is 3. The Hall–Kier alpha value is -1.52. The lowest BCUT2D eigenvalue weighted by Crippen LogP contribution is -2.34. The van der Waals surface area contributed by atoms with Gasteiger partial charge in [-0.3, -0.25) is 4.68 Å². The van der Waals surface area contributed by atoms with Crippen molar-refractivity contribution in [3.63, 3.8) is 0 Å². The molecular weight excluding hydrogens is 206 g/mol. The fourth-order valence-electron chi connectivity index (χ4n) is 1.21. The fourth-order valence-corrected chi connectivity index (χ4v) is 1.21. The van der Waals surface area contributed by atoms with E-state index in [1.807, 2.05) is 38.4 Å². The molecule has 0 aliphatic rings. The number of hydrogen-bond donors (Lipinski definition) is 1. The zero-order chi connectivity index (χ0) is 12.2. The Bertz CT molecular complexity index is 352. The lowest BCUT2D eigenvalue weighted by Gasteiger charge is -2.19. The maximum absolute atomic E-state index is 11.3. The summed E-state index contributed by atoms with van der Waals surface area (Å²) in [5.74, 6) is 0. The van der Waals surface area contributed by atoms with Crippen LogP contribution < -0.4 is 5.32 Å². The molecule has 1 aromatic heterocycles. The van der Waals surface area contributed by atoms with E-state index in [1.54, 1.807) is 6.20 Å². The molecule has 0 aliphatic carbocycles. The number of carbonyl (C=O) groups is 1. The molecule has 0 radical (unpaired) electrons. The van der Waals surface area contributed by atoms with Gasteiger partial charge in [0, 0.05) is 18.4 Å². The molecule has 0 aliphatic heterocycles. The lowest BCUT2D eigenvalue weighted by molar-refractivity contribution is 0.0525. The average molecular weight is 225 g/mol. The highest BCUT2D eigenvalue weighted by Crippen LogP contribution is 2.06. The first-order valence-corrected chi connectivity index (χ1v) is 5.34. The van der Waals surface area contributed by atoms with E-state index in [9.17, 15) is 4.79 Å². The van der Waals surface area contributed by atoms with Gasteiger partial charge in [-0.05, 0) is 33.8 Å². The number of alkyl carbamates (subject to hydrolysis) is 1. The first-order valence-electron chi connectivity index (χ1n) is 5.34. The standard InChI is InChI=1S/C11H19N3O2/c1-9-5-6-13-14(9)8-7-12-10(15)16-11(2,3)4/h5-6H,7-8H2,1-4H3,(H,12,15). The predicted molar refractivity (Wildman–Crippen MR) is 61.2 cm³/mol. The molecule has 0 bridgehead atoms. The van der Waals surface area contributed by atoms with Gasteiger partial charge in [-0.2, -0.15) is 5.10 Å². The number of aromatic nitrogens is 2. The van der Waals surface area contributed by atoms with Crippen molar-refractivity contribution in [2.45, 2.75) is 39.8 Å². The number of ether oxygens (including phenoxy) is 1. The normalized spacial score (nSPS) is 11.2. The number of nitrogens with zero attached hydrogens (tertiary/aromatic N) is 2. The molecule has 0 spiro atoms. The van der Waals surface area contributed by atoms with Crippen molar-refractivity contribution >= 4 is 6.09 Å². The Morgan fingerprint density at radius 3 is 2.75 bits per heavy atom. The molecule has 1 N–H and O–H groups in total. The highest BCUT2D eigenvalue weighted by molar-refractivity contribution is 5.67. The summed E-state index contributed by atoms with van der Waals surface area (Å²) >= 11 is 0. The van der Waals surface area contributed by atoms with Crippen molar-refractivity contribution in [1.29, 1.82) is 0 Å². The van der Waals surface area contributed by atoms with Crippen LogP contribution in [0.5, 0.6) is 0 Å². The summed E-state index contributed by atoms with van der Waals surface area (Å²) in [4.78, 5) is 11.3. The van der Waals surface area contributed by atoms with Gasteiger partial charge in [0.15, 0.2) is 0 Å². The second kappa shape index (κ2) is 5.01. The number of rotatable bonds is 3. The van der Waals surface area contributed by atoms with Crippen LogP contribution in [0.15, 0.2) is 12.3 Å². The molecule has 1 amide bonds. The van der Waals surface area contributed by atoms with Crippen LogP contribution in [0.4, 0.5) is 4.79 Å². The zero-order valence-corrected chi connectivity index (χ0v) is 10.3. The molecule has 5 nitrogen and oxygen atoms in total. The molecule has 0 saturated carbocycles. The van der Waals surface area contributed by atoms with E-state index in [1.165, 1.54) is 0 Å². The van der Waals surface area contributed by atoms with Gasteiger partial charge in [0.2, 0.25) is 0 Å². The molecule has 1 heterocycles. The van der Waals surface area contributed by atoms with E-state index in [-0.39, 0.29) is 0 Å². The van der Waals surface area contributed by atoms with E-state index < -0.39 is 11.7 Å². The summed E-state index contributed by atoms with van der Waals surface area (Å²) in [5.41, 5.74) is 0.622. The Balaban J connectivity index is 2.26. The molecule has 0 fully saturated rings. The van der Waals surface area contributed by atoms with Crippen molar-refractivity contribution in [1.82, 2.24) is 15.1 Å². The van der Waals surface area contributed by atoms with Gasteiger partial charge in [0.25, 0.3) is 0 Å². The minimum Gasteiger partial charge on any atom is -0.444 e. The Labute approximate surface area is 95.8 Å².